The number of likely N-dealkylation sites (tertiary alicyclic amines) is 1. The molecule has 1 atom stereocenters. The Bertz CT molecular complexity index is 242. The zero-order valence-corrected chi connectivity index (χ0v) is 8.94. The standard InChI is InChI=1S/C10H17NO4/c1-2-15-9(12)4-3-8-5-6-11(7-8)10(13)14/h8H,2-7H2,1H3,(H,13,14)/t8-/m0/s1. The molecule has 1 N–H and O–H groups in total. The summed E-state index contributed by atoms with van der Waals surface area (Å²) in [6, 6.07) is 0. The zero-order chi connectivity index (χ0) is 11.3. The lowest BCUT2D eigenvalue weighted by atomic mass is 10.0. The van der Waals surface area contributed by atoms with E-state index in [0.717, 1.165) is 12.8 Å². The van der Waals surface area contributed by atoms with Gasteiger partial charge in [-0.05, 0) is 25.7 Å². The minimum atomic E-state index is -0.867. The van der Waals surface area contributed by atoms with Crippen molar-refractivity contribution in [3.63, 3.8) is 0 Å². The van der Waals surface area contributed by atoms with Gasteiger partial charge in [-0.25, -0.2) is 4.79 Å². The number of carboxylic acid groups (broad SMARTS) is 1. The summed E-state index contributed by atoms with van der Waals surface area (Å²) in [6.45, 7) is 3.32. The summed E-state index contributed by atoms with van der Waals surface area (Å²) < 4.78 is 4.81. The van der Waals surface area contributed by atoms with Crippen molar-refractivity contribution in [1.29, 1.82) is 0 Å². The summed E-state index contributed by atoms with van der Waals surface area (Å²) in [7, 11) is 0. The fourth-order valence-electron chi connectivity index (χ4n) is 1.80. The third-order valence-electron chi connectivity index (χ3n) is 2.62. The van der Waals surface area contributed by atoms with Crippen LogP contribution in [-0.2, 0) is 9.53 Å². The maximum atomic E-state index is 11.1. The van der Waals surface area contributed by atoms with Gasteiger partial charge in [0.05, 0.1) is 6.61 Å². The van der Waals surface area contributed by atoms with Crippen molar-refractivity contribution in [2.45, 2.75) is 26.2 Å². The minimum absolute atomic E-state index is 0.189. The van der Waals surface area contributed by atoms with E-state index < -0.39 is 6.09 Å². The monoisotopic (exact) mass is 215 g/mol. The summed E-state index contributed by atoms with van der Waals surface area (Å²) in [5.41, 5.74) is 0. The highest BCUT2D eigenvalue weighted by Crippen LogP contribution is 2.21. The average Bonchev–Trinajstić information content (AvgIpc) is 2.63. The van der Waals surface area contributed by atoms with E-state index in [-0.39, 0.29) is 5.97 Å². The third-order valence-corrected chi connectivity index (χ3v) is 2.62. The van der Waals surface area contributed by atoms with Crippen LogP contribution in [0.4, 0.5) is 4.79 Å². The Kier molecular flexibility index (Phi) is 4.39. The molecule has 1 aliphatic rings. The number of carbonyl (C=O) groups excluding carboxylic acids is 1. The van der Waals surface area contributed by atoms with E-state index in [1.54, 1.807) is 6.92 Å². The normalized spacial score (nSPS) is 20.3. The Morgan fingerprint density at radius 2 is 2.27 bits per heavy atom. The van der Waals surface area contributed by atoms with E-state index in [0.29, 0.717) is 32.0 Å². The molecule has 15 heavy (non-hydrogen) atoms. The fourth-order valence-corrected chi connectivity index (χ4v) is 1.80. The topological polar surface area (TPSA) is 66.8 Å². The molecule has 0 aromatic carbocycles. The van der Waals surface area contributed by atoms with E-state index in [4.69, 9.17) is 9.84 Å². The predicted molar refractivity (Wildman–Crippen MR) is 53.6 cm³/mol. The summed E-state index contributed by atoms with van der Waals surface area (Å²) >= 11 is 0. The largest absolute Gasteiger partial charge is 0.466 e. The van der Waals surface area contributed by atoms with E-state index in [1.807, 2.05) is 0 Å². The van der Waals surface area contributed by atoms with Gasteiger partial charge in [0.25, 0.3) is 0 Å². The third kappa shape index (κ3) is 3.77. The molecule has 0 radical (unpaired) electrons. The number of ether oxygens (including phenoxy) is 1. The summed E-state index contributed by atoms with van der Waals surface area (Å²) in [6.07, 6.45) is 1.11. The maximum Gasteiger partial charge on any atom is 0.407 e. The van der Waals surface area contributed by atoms with Crippen molar-refractivity contribution < 1.29 is 19.4 Å². The molecule has 0 spiro atoms. The molecule has 0 unspecified atom stereocenters. The lowest BCUT2D eigenvalue weighted by Crippen LogP contribution is -2.26. The Labute approximate surface area is 89.0 Å². The van der Waals surface area contributed by atoms with E-state index in [1.165, 1.54) is 4.90 Å². The van der Waals surface area contributed by atoms with Gasteiger partial charge in [0, 0.05) is 19.5 Å². The van der Waals surface area contributed by atoms with Crippen LogP contribution in [-0.4, -0.2) is 41.8 Å². The first-order valence-electron chi connectivity index (χ1n) is 5.27. The lowest BCUT2D eigenvalue weighted by molar-refractivity contribution is -0.143. The molecule has 0 bridgehead atoms. The second kappa shape index (κ2) is 5.58. The first-order chi connectivity index (χ1) is 7.13. The van der Waals surface area contributed by atoms with Crippen LogP contribution in [0.15, 0.2) is 0 Å². The molecule has 1 rings (SSSR count). The molecule has 1 heterocycles. The Hall–Kier alpha value is -1.26. The fraction of sp³-hybridized carbons (Fsp3) is 0.800. The highest BCUT2D eigenvalue weighted by molar-refractivity contribution is 5.69. The van der Waals surface area contributed by atoms with Gasteiger partial charge in [0.2, 0.25) is 0 Å². The SMILES string of the molecule is CCOC(=O)CC[C@H]1CCN(C(=O)O)C1. The van der Waals surface area contributed by atoms with Crippen LogP contribution >= 0.6 is 0 Å². The van der Waals surface area contributed by atoms with Crippen LogP contribution in [0.3, 0.4) is 0 Å². The molecule has 1 amide bonds. The van der Waals surface area contributed by atoms with E-state index in [2.05, 4.69) is 0 Å². The van der Waals surface area contributed by atoms with Crippen molar-refractivity contribution in [2.75, 3.05) is 19.7 Å². The number of hydrogen-bond acceptors (Lipinski definition) is 3. The van der Waals surface area contributed by atoms with Crippen LogP contribution in [0, 0.1) is 5.92 Å². The predicted octanol–water partition coefficient (Wildman–Crippen LogP) is 1.33. The van der Waals surface area contributed by atoms with Gasteiger partial charge in [0.1, 0.15) is 0 Å². The lowest BCUT2D eigenvalue weighted by Gasteiger charge is -2.11. The van der Waals surface area contributed by atoms with Gasteiger partial charge < -0.3 is 14.7 Å². The van der Waals surface area contributed by atoms with Crippen LogP contribution in [0.5, 0.6) is 0 Å². The quantitative estimate of drug-likeness (QED) is 0.718. The molecule has 1 fully saturated rings. The average molecular weight is 215 g/mol. The summed E-state index contributed by atoms with van der Waals surface area (Å²) in [5, 5.41) is 8.73. The second-order valence-electron chi connectivity index (χ2n) is 3.73. The first-order valence-corrected chi connectivity index (χ1v) is 5.27. The molecule has 1 aliphatic heterocycles. The van der Waals surface area contributed by atoms with Gasteiger partial charge in [0.15, 0.2) is 0 Å². The first kappa shape index (κ1) is 11.8. The van der Waals surface area contributed by atoms with Crippen LogP contribution in [0.2, 0.25) is 0 Å². The molecule has 0 aromatic heterocycles. The Balaban J connectivity index is 2.19. The Morgan fingerprint density at radius 1 is 1.53 bits per heavy atom. The van der Waals surface area contributed by atoms with Crippen molar-refractivity contribution in [3.05, 3.63) is 0 Å². The van der Waals surface area contributed by atoms with Crippen molar-refractivity contribution in [1.82, 2.24) is 4.90 Å². The summed E-state index contributed by atoms with van der Waals surface area (Å²) in [4.78, 5) is 23.1. The van der Waals surface area contributed by atoms with Gasteiger partial charge in [-0.2, -0.15) is 0 Å². The van der Waals surface area contributed by atoms with E-state index >= 15 is 0 Å². The van der Waals surface area contributed by atoms with Crippen molar-refractivity contribution in [3.8, 4) is 0 Å². The van der Waals surface area contributed by atoms with Crippen LogP contribution in [0.25, 0.3) is 0 Å². The molecular weight excluding hydrogens is 198 g/mol. The molecular formula is C10H17NO4. The zero-order valence-electron chi connectivity index (χ0n) is 8.94. The van der Waals surface area contributed by atoms with Crippen LogP contribution < -0.4 is 0 Å². The van der Waals surface area contributed by atoms with Gasteiger partial charge in [-0.3, -0.25) is 4.79 Å². The molecule has 86 valence electrons. The molecule has 1 saturated heterocycles. The minimum Gasteiger partial charge on any atom is -0.466 e. The molecule has 5 heteroatoms. The van der Waals surface area contributed by atoms with Crippen molar-refractivity contribution in [2.24, 2.45) is 5.92 Å². The number of carbonyl (C=O) groups is 2. The highest BCUT2D eigenvalue weighted by Gasteiger charge is 2.26. The molecule has 0 aliphatic carbocycles. The van der Waals surface area contributed by atoms with Crippen LogP contribution in [0.1, 0.15) is 26.2 Å². The Morgan fingerprint density at radius 3 is 2.80 bits per heavy atom. The van der Waals surface area contributed by atoms with Crippen molar-refractivity contribution >= 4 is 12.1 Å². The number of amides is 1. The highest BCUT2D eigenvalue weighted by atomic mass is 16.5. The maximum absolute atomic E-state index is 11.1. The van der Waals surface area contributed by atoms with Gasteiger partial charge in [-0.15, -0.1) is 0 Å². The van der Waals surface area contributed by atoms with Gasteiger partial charge in [-0.1, -0.05) is 0 Å². The molecule has 0 saturated carbocycles. The number of rotatable bonds is 4. The molecule has 0 aromatic rings. The smallest absolute Gasteiger partial charge is 0.407 e. The summed E-state index contributed by atoms with van der Waals surface area (Å²) in [5.74, 6) is 0.122. The number of esters is 1. The second-order valence-corrected chi connectivity index (χ2v) is 3.73. The van der Waals surface area contributed by atoms with E-state index in [9.17, 15) is 9.59 Å². The number of hydrogen-bond donors (Lipinski definition) is 1. The van der Waals surface area contributed by atoms with Gasteiger partial charge >= 0.3 is 12.1 Å². The molecule has 5 nitrogen and oxygen atoms in total. The number of nitrogens with zero attached hydrogens (tertiary/aromatic N) is 1.